The fourth-order valence-corrected chi connectivity index (χ4v) is 2.66. The van der Waals surface area contributed by atoms with E-state index in [0.29, 0.717) is 6.54 Å². The average molecular weight is 297 g/mol. The molecule has 0 radical (unpaired) electrons. The Hall–Kier alpha value is -2.40. The molecule has 3 rings (SSSR count). The molecule has 106 valence electrons. The lowest BCUT2D eigenvalue weighted by molar-refractivity contribution is 0.0951. The number of carbonyl (C=O) groups excluding carboxylic acids is 1. The third-order valence-corrected chi connectivity index (χ3v) is 3.85. The predicted octanol–water partition coefficient (Wildman–Crippen LogP) is 2.92. The smallest absolute Gasteiger partial charge is 0.252 e. The molecule has 0 atom stereocenters. The third-order valence-electron chi connectivity index (χ3n) is 3.16. The summed E-state index contributed by atoms with van der Waals surface area (Å²) < 4.78 is 1.88. The molecule has 5 heteroatoms. The van der Waals surface area contributed by atoms with Gasteiger partial charge in [-0.3, -0.25) is 9.48 Å². The van der Waals surface area contributed by atoms with Crippen molar-refractivity contribution in [2.24, 2.45) is 0 Å². The maximum Gasteiger partial charge on any atom is 0.252 e. The number of hydrogen-bond donors (Lipinski definition) is 1. The maximum absolute atomic E-state index is 11.8. The fourth-order valence-electron chi connectivity index (χ4n) is 2.02. The van der Waals surface area contributed by atoms with Gasteiger partial charge in [-0.2, -0.15) is 16.4 Å². The molecule has 0 fully saturated rings. The quantitative estimate of drug-likeness (QED) is 0.787. The number of nitrogens with one attached hydrogen (secondary N) is 1. The Balaban J connectivity index is 1.56. The minimum atomic E-state index is -0.0307. The molecule has 0 spiro atoms. The van der Waals surface area contributed by atoms with E-state index in [1.165, 1.54) is 16.9 Å². The summed E-state index contributed by atoms with van der Waals surface area (Å²) in [6.45, 7) is 1.30. The average Bonchev–Trinajstić information content (AvgIpc) is 3.19. The number of carbonyl (C=O) groups is 1. The number of thiophene rings is 1. The van der Waals surface area contributed by atoms with Crippen LogP contribution in [0.4, 0.5) is 0 Å². The normalized spacial score (nSPS) is 10.5. The van der Waals surface area contributed by atoms with Crippen molar-refractivity contribution in [3.05, 3.63) is 76.2 Å². The zero-order valence-corrected chi connectivity index (χ0v) is 12.2. The third kappa shape index (κ3) is 3.58. The minimum Gasteiger partial charge on any atom is -0.348 e. The van der Waals surface area contributed by atoms with Gasteiger partial charge >= 0.3 is 0 Å². The molecule has 21 heavy (non-hydrogen) atoms. The lowest BCUT2D eigenvalue weighted by atomic mass is 10.1. The molecule has 1 amide bonds. The van der Waals surface area contributed by atoms with Crippen LogP contribution in [0, 0.1) is 0 Å². The molecular weight excluding hydrogens is 282 g/mol. The van der Waals surface area contributed by atoms with Crippen molar-refractivity contribution in [2.45, 2.75) is 13.1 Å². The Bertz CT molecular complexity index is 688. The van der Waals surface area contributed by atoms with Gasteiger partial charge in [-0.25, -0.2) is 0 Å². The number of benzene rings is 1. The molecule has 3 aromatic rings. The van der Waals surface area contributed by atoms with Crippen LogP contribution in [0.5, 0.6) is 0 Å². The van der Waals surface area contributed by atoms with Crippen LogP contribution in [-0.2, 0) is 13.1 Å². The lowest BCUT2D eigenvalue weighted by Crippen LogP contribution is -2.22. The summed E-state index contributed by atoms with van der Waals surface area (Å²) in [6.07, 6.45) is 3.71. The molecule has 0 aliphatic rings. The molecule has 4 nitrogen and oxygen atoms in total. The monoisotopic (exact) mass is 297 g/mol. The number of rotatable bonds is 5. The summed E-state index contributed by atoms with van der Waals surface area (Å²) in [5.41, 5.74) is 2.99. The minimum absolute atomic E-state index is 0.0307. The summed E-state index contributed by atoms with van der Waals surface area (Å²) in [7, 11) is 0. The van der Waals surface area contributed by atoms with Gasteiger partial charge in [-0.1, -0.05) is 24.3 Å². The van der Waals surface area contributed by atoms with Gasteiger partial charge in [-0.05, 0) is 28.6 Å². The SMILES string of the molecule is O=C(NCc1ccc(Cn2cccn2)cc1)c1ccsc1. The summed E-state index contributed by atoms with van der Waals surface area (Å²) in [5.74, 6) is -0.0307. The zero-order chi connectivity index (χ0) is 14.5. The number of hydrogen-bond acceptors (Lipinski definition) is 3. The van der Waals surface area contributed by atoms with E-state index in [0.717, 1.165) is 17.7 Å². The molecular formula is C16H15N3OS. The summed E-state index contributed by atoms with van der Waals surface area (Å²) in [5, 5.41) is 10.9. The Morgan fingerprint density at radius 3 is 2.67 bits per heavy atom. The summed E-state index contributed by atoms with van der Waals surface area (Å²) >= 11 is 1.52. The van der Waals surface area contributed by atoms with E-state index in [-0.39, 0.29) is 5.91 Å². The van der Waals surface area contributed by atoms with E-state index in [1.807, 2.05) is 45.9 Å². The first-order valence-electron chi connectivity index (χ1n) is 6.67. The molecule has 0 bridgehead atoms. The highest BCUT2D eigenvalue weighted by Gasteiger charge is 2.05. The second-order valence-corrected chi connectivity index (χ2v) is 5.49. The molecule has 0 aliphatic carbocycles. The van der Waals surface area contributed by atoms with Gasteiger partial charge in [0.05, 0.1) is 6.54 Å². The Labute approximate surface area is 127 Å². The largest absolute Gasteiger partial charge is 0.348 e. The van der Waals surface area contributed by atoms with Crippen molar-refractivity contribution in [2.75, 3.05) is 0 Å². The van der Waals surface area contributed by atoms with E-state index in [4.69, 9.17) is 0 Å². The first-order valence-corrected chi connectivity index (χ1v) is 7.61. The van der Waals surface area contributed by atoms with Crippen molar-refractivity contribution < 1.29 is 4.79 Å². The Kier molecular flexibility index (Phi) is 4.12. The molecule has 2 aromatic heterocycles. The van der Waals surface area contributed by atoms with Crippen LogP contribution in [0.3, 0.4) is 0 Å². The van der Waals surface area contributed by atoms with Gasteiger partial charge in [-0.15, -0.1) is 0 Å². The fraction of sp³-hybridized carbons (Fsp3) is 0.125. The highest BCUT2D eigenvalue weighted by molar-refractivity contribution is 7.08. The highest BCUT2D eigenvalue weighted by atomic mass is 32.1. The van der Waals surface area contributed by atoms with E-state index in [2.05, 4.69) is 22.5 Å². The van der Waals surface area contributed by atoms with Gasteiger partial charge in [0.15, 0.2) is 0 Å². The second-order valence-electron chi connectivity index (χ2n) is 4.71. The van der Waals surface area contributed by atoms with E-state index in [9.17, 15) is 4.79 Å². The Morgan fingerprint density at radius 1 is 1.19 bits per heavy atom. The van der Waals surface area contributed by atoms with Crippen LogP contribution in [0.15, 0.2) is 59.6 Å². The summed E-state index contributed by atoms with van der Waals surface area (Å²) in [4.78, 5) is 11.8. The van der Waals surface area contributed by atoms with Crippen LogP contribution in [0.1, 0.15) is 21.5 Å². The van der Waals surface area contributed by atoms with Crippen LogP contribution in [0.2, 0.25) is 0 Å². The first kappa shape index (κ1) is 13.6. The summed E-state index contributed by atoms with van der Waals surface area (Å²) in [6, 6.07) is 11.9. The van der Waals surface area contributed by atoms with Crippen LogP contribution in [0.25, 0.3) is 0 Å². The predicted molar refractivity (Wildman–Crippen MR) is 83.3 cm³/mol. The van der Waals surface area contributed by atoms with Crippen molar-refractivity contribution in [3.8, 4) is 0 Å². The topological polar surface area (TPSA) is 46.9 Å². The molecule has 0 aliphatic heterocycles. The van der Waals surface area contributed by atoms with Crippen LogP contribution in [-0.4, -0.2) is 15.7 Å². The molecule has 0 unspecified atom stereocenters. The molecule has 2 heterocycles. The molecule has 1 N–H and O–H groups in total. The first-order chi connectivity index (χ1) is 10.3. The lowest BCUT2D eigenvalue weighted by Gasteiger charge is -2.06. The van der Waals surface area contributed by atoms with Crippen molar-refractivity contribution in [3.63, 3.8) is 0 Å². The van der Waals surface area contributed by atoms with E-state index >= 15 is 0 Å². The van der Waals surface area contributed by atoms with Gasteiger partial charge in [0.1, 0.15) is 0 Å². The van der Waals surface area contributed by atoms with Crippen LogP contribution < -0.4 is 5.32 Å². The van der Waals surface area contributed by atoms with Gasteiger partial charge in [0.25, 0.3) is 5.91 Å². The van der Waals surface area contributed by atoms with Crippen LogP contribution >= 0.6 is 11.3 Å². The van der Waals surface area contributed by atoms with E-state index in [1.54, 1.807) is 6.20 Å². The van der Waals surface area contributed by atoms with Crippen molar-refractivity contribution >= 4 is 17.2 Å². The van der Waals surface area contributed by atoms with Crippen molar-refractivity contribution in [1.82, 2.24) is 15.1 Å². The van der Waals surface area contributed by atoms with Crippen molar-refractivity contribution in [1.29, 1.82) is 0 Å². The van der Waals surface area contributed by atoms with E-state index < -0.39 is 0 Å². The molecule has 1 aromatic carbocycles. The standard InChI is InChI=1S/C16H15N3OS/c20-16(15-6-9-21-12-15)17-10-13-2-4-14(5-3-13)11-19-8-1-7-18-19/h1-9,12H,10-11H2,(H,17,20). The second kappa shape index (κ2) is 6.37. The zero-order valence-electron chi connectivity index (χ0n) is 11.4. The number of nitrogens with zero attached hydrogens (tertiary/aromatic N) is 2. The van der Waals surface area contributed by atoms with Gasteiger partial charge < -0.3 is 5.32 Å². The Morgan fingerprint density at radius 2 is 2.00 bits per heavy atom. The molecule has 0 saturated heterocycles. The van der Waals surface area contributed by atoms with Gasteiger partial charge in [0, 0.05) is 29.9 Å². The highest BCUT2D eigenvalue weighted by Crippen LogP contribution is 2.08. The number of amides is 1. The van der Waals surface area contributed by atoms with Gasteiger partial charge in [0.2, 0.25) is 0 Å². The maximum atomic E-state index is 11.8. The molecule has 0 saturated carbocycles. The number of aromatic nitrogens is 2.